The molecule has 1 saturated heterocycles. The average molecular weight is 186 g/mol. The lowest BCUT2D eigenvalue weighted by atomic mass is 9.71. The third-order valence-corrected chi connectivity index (χ3v) is 3.07. The van der Waals surface area contributed by atoms with E-state index in [1.165, 1.54) is 0 Å². The fourth-order valence-corrected chi connectivity index (χ4v) is 1.95. The Hall–Kier alpha value is -0.610. The van der Waals surface area contributed by atoms with Crippen LogP contribution in [0, 0.1) is 11.3 Å². The quantitative estimate of drug-likeness (QED) is 0.373. The van der Waals surface area contributed by atoms with E-state index >= 15 is 0 Å². The van der Waals surface area contributed by atoms with E-state index in [1.807, 2.05) is 0 Å². The number of rotatable bonds is 2. The van der Waals surface area contributed by atoms with Crippen LogP contribution >= 0.6 is 0 Å². The average Bonchev–Trinajstić information content (AvgIpc) is 2.17. The number of carbonyl (C=O) groups is 1. The second-order valence-corrected chi connectivity index (χ2v) is 3.90. The molecule has 0 bridgehead atoms. The lowest BCUT2D eigenvalue weighted by Crippen LogP contribution is -2.50. The van der Waals surface area contributed by atoms with Crippen LogP contribution in [0.15, 0.2) is 0 Å². The lowest BCUT2D eigenvalue weighted by Gasteiger charge is -2.38. The van der Waals surface area contributed by atoms with Crippen molar-refractivity contribution in [3.05, 3.63) is 0 Å². The highest BCUT2D eigenvalue weighted by Crippen LogP contribution is 2.37. The molecule has 0 aromatic carbocycles. The van der Waals surface area contributed by atoms with E-state index in [-0.39, 0.29) is 11.3 Å². The van der Waals surface area contributed by atoms with Gasteiger partial charge in [0, 0.05) is 13.2 Å². The van der Waals surface area contributed by atoms with Crippen LogP contribution in [0.3, 0.4) is 0 Å². The van der Waals surface area contributed by atoms with Gasteiger partial charge in [0.15, 0.2) is 0 Å². The smallest absolute Gasteiger partial charge is 0.240 e. The first kappa shape index (κ1) is 10.5. The van der Waals surface area contributed by atoms with Crippen molar-refractivity contribution in [1.29, 1.82) is 0 Å². The van der Waals surface area contributed by atoms with E-state index in [2.05, 4.69) is 19.3 Å². The largest absolute Gasteiger partial charge is 0.381 e. The maximum atomic E-state index is 11.6. The topological polar surface area (TPSA) is 64.4 Å². The predicted octanol–water partition coefficient (Wildman–Crippen LogP) is 0.429. The van der Waals surface area contributed by atoms with Crippen molar-refractivity contribution in [3.63, 3.8) is 0 Å². The molecule has 1 amide bonds. The van der Waals surface area contributed by atoms with Gasteiger partial charge < -0.3 is 4.74 Å². The van der Waals surface area contributed by atoms with Gasteiger partial charge in [-0.05, 0) is 18.8 Å². The van der Waals surface area contributed by atoms with E-state index in [9.17, 15) is 4.79 Å². The van der Waals surface area contributed by atoms with Crippen LogP contribution in [0.1, 0.15) is 26.7 Å². The summed E-state index contributed by atoms with van der Waals surface area (Å²) in [5, 5.41) is 0. The predicted molar refractivity (Wildman–Crippen MR) is 49.7 cm³/mol. The number of amides is 1. The summed E-state index contributed by atoms with van der Waals surface area (Å²) in [4.78, 5) is 11.6. The number of hydrogen-bond donors (Lipinski definition) is 2. The van der Waals surface area contributed by atoms with Crippen molar-refractivity contribution in [2.24, 2.45) is 17.2 Å². The second kappa shape index (κ2) is 4.07. The van der Waals surface area contributed by atoms with Gasteiger partial charge >= 0.3 is 0 Å². The van der Waals surface area contributed by atoms with Crippen molar-refractivity contribution in [3.8, 4) is 0 Å². The summed E-state index contributed by atoms with van der Waals surface area (Å²) in [5.74, 6) is 5.44. The van der Waals surface area contributed by atoms with Crippen LogP contribution in [-0.4, -0.2) is 19.1 Å². The SMILES string of the molecule is CC(C)C1(C(=O)NN)CCOCC1. The Bertz CT molecular complexity index is 186. The molecule has 3 N–H and O–H groups in total. The van der Waals surface area contributed by atoms with E-state index in [1.54, 1.807) is 0 Å². The summed E-state index contributed by atoms with van der Waals surface area (Å²) >= 11 is 0. The monoisotopic (exact) mass is 186 g/mol. The molecule has 0 aliphatic carbocycles. The molecule has 0 radical (unpaired) electrons. The second-order valence-electron chi connectivity index (χ2n) is 3.90. The summed E-state index contributed by atoms with van der Waals surface area (Å²) in [6.07, 6.45) is 1.54. The van der Waals surface area contributed by atoms with Crippen molar-refractivity contribution in [2.75, 3.05) is 13.2 Å². The molecule has 1 fully saturated rings. The summed E-state index contributed by atoms with van der Waals surface area (Å²) in [5.41, 5.74) is 1.95. The molecule has 4 nitrogen and oxygen atoms in total. The summed E-state index contributed by atoms with van der Waals surface area (Å²) < 4.78 is 5.25. The molecular weight excluding hydrogens is 168 g/mol. The molecule has 0 saturated carbocycles. The van der Waals surface area contributed by atoms with Gasteiger partial charge in [0.05, 0.1) is 5.41 Å². The molecule has 1 rings (SSSR count). The number of carbonyl (C=O) groups excluding carboxylic acids is 1. The Morgan fingerprint density at radius 1 is 1.46 bits per heavy atom. The summed E-state index contributed by atoms with van der Waals surface area (Å²) in [6.45, 7) is 5.43. The fraction of sp³-hybridized carbons (Fsp3) is 0.889. The first-order valence-corrected chi connectivity index (χ1v) is 4.72. The third-order valence-electron chi connectivity index (χ3n) is 3.07. The Balaban J connectivity index is 2.79. The van der Waals surface area contributed by atoms with Gasteiger partial charge in [0.2, 0.25) is 5.91 Å². The lowest BCUT2D eigenvalue weighted by molar-refractivity contribution is -0.140. The van der Waals surface area contributed by atoms with E-state index in [0.717, 1.165) is 12.8 Å². The van der Waals surface area contributed by atoms with Crippen molar-refractivity contribution < 1.29 is 9.53 Å². The van der Waals surface area contributed by atoms with Crippen LogP contribution in [0.5, 0.6) is 0 Å². The van der Waals surface area contributed by atoms with Gasteiger partial charge in [-0.1, -0.05) is 13.8 Å². The first-order valence-electron chi connectivity index (χ1n) is 4.72. The molecule has 0 spiro atoms. The number of nitrogens with one attached hydrogen (secondary N) is 1. The number of hydrazine groups is 1. The molecule has 1 heterocycles. The van der Waals surface area contributed by atoms with Crippen LogP contribution in [0.25, 0.3) is 0 Å². The molecular formula is C9H18N2O2. The van der Waals surface area contributed by atoms with Gasteiger partial charge in [-0.2, -0.15) is 0 Å². The first-order chi connectivity index (χ1) is 6.13. The highest BCUT2D eigenvalue weighted by molar-refractivity contribution is 5.82. The molecule has 0 aromatic rings. The Labute approximate surface area is 78.8 Å². The molecule has 1 aliphatic heterocycles. The van der Waals surface area contributed by atoms with Crippen LogP contribution in [0.2, 0.25) is 0 Å². The number of ether oxygens (including phenoxy) is 1. The van der Waals surface area contributed by atoms with Gasteiger partial charge in [0.25, 0.3) is 0 Å². The van der Waals surface area contributed by atoms with E-state index < -0.39 is 0 Å². The van der Waals surface area contributed by atoms with Gasteiger partial charge in [0.1, 0.15) is 0 Å². The maximum Gasteiger partial charge on any atom is 0.240 e. The standard InChI is InChI=1S/C9H18N2O2/c1-7(2)9(8(12)11-10)3-5-13-6-4-9/h7H,3-6,10H2,1-2H3,(H,11,12). The normalized spacial score (nSPS) is 21.5. The van der Waals surface area contributed by atoms with E-state index in [4.69, 9.17) is 10.6 Å². The molecule has 13 heavy (non-hydrogen) atoms. The third kappa shape index (κ3) is 1.84. The minimum atomic E-state index is -0.312. The van der Waals surface area contributed by atoms with Crippen LogP contribution in [0.4, 0.5) is 0 Å². The van der Waals surface area contributed by atoms with Crippen LogP contribution in [-0.2, 0) is 9.53 Å². The zero-order valence-corrected chi connectivity index (χ0v) is 8.30. The molecule has 76 valence electrons. The van der Waals surface area contributed by atoms with Gasteiger partial charge in [-0.3, -0.25) is 10.2 Å². The summed E-state index contributed by atoms with van der Waals surface area (Å²) in [7, 11) is 0. The molecule has 4 heteroatoms. The summed E-state index contributed by atoms with van der Waals surface area (Å²) in [6, 6.07) is 0. The molecule has 1 aliphatic rings. The minimum absolute atomic E-state index is 0.0502. The van der Waals surface area contributed by atoms with Crippen LogP contribution < -0.4 is 11.3 Å². The van der Waals surface area contributed by atoms with Crippen molar-refractivity contribution in [1.82, 2.24) is 5.43 Å². The zero-order chi connectivity index (χ0) is 9.90. The van der Waals surface area contributed by atoms with Crippen molar-refractivity contribution >= 4 is 5.91 Å². The number of hydrogen-bond acceptors (Lipinski definition) is 3. The highest BCUT2D eigenvalue weighted by Gasteiger charge is 2.42. The Morgan fingerprint density at radius 3 is 2.38 bits per heavy atom. The maximum absolute atomic E-state index is 11.6. The minimum Gasteiger partial charge on any atom is -0.381 e. The Morgan fingerprint density at radius 2 is 2.00 bits per heavy atom. The van der Waals surface area contributed by atoms with Gasteiger partial charge in [-0.15, -0.1) is 0 Å². The van der Waals surface area contributed by atoms with Gasteiger partial charge in [-0.25, -0.2) is 5.84 Å². The molecule has 0 atom stereocenters. The zero-order valence-electron chi connectivity index (χ0n) is 8.30. The number of nitrogens with two attached hydrogens (primary N) is 1. The molecule has 0 aromatic heterocycles. The molecule has 0 unspecified atom stereocenters. The highest BCUT2D eigenvalue weighted by atomic mass is 16.5. The fourth-order valence-electron chi connectivity index (χ4n) is 1.95. The Kier molecular flexibility index (Phi) is 3.27. The van der Waals surface area contributed by atoms with Crippen molar-refractivity contribution in [2.45, 2.75) is 26.7 Å². The van der Waals surface area contributed by atoms with E-state index in [0.29, 0.717) is 19.1 Å².